The summed E-state index contributed by atoms with van der Waals surface area (Å²) in [6, 6.07) is 0. The van der Waals surface area contributed by atoms with Crippen LogP contribution in [0.5, 0.6) is 0 Å². The van der Waals surface area contributed by atoms with Crippen molar-refractivity contribution < 1.29 is 9.47 Å². The lowest BCUT2D eigenvalue weighted by Gasteiger charge is -2.06. The van der Waals surface area contributed by atoms with Gasteiger partial charge in [-0.1, -0.05) is 5.92 Å². The summed E-state index contributed by atoms with van der Waals surface area (Å²) in [5.41, 5.74) is 0. The highest BCUT2D eigenvalue weighted by Crippen LogP contribution is 2.34. The molecule has 3 heteroatoms. The Morgan fingerprint density at radius 1 is 1.36 bits per heavy atom. The standard InChI is InChI=1S/C8H9IO2/c9-3-1-6-5-11-8-7(6)2-4-10-8/h6-8H,2,4-5H2. The van der Waals surface area contributed by atoms with E-state index >= 15 is 0 Å². The van der Waals surface area contributed by atoms with E-state index in [-0.39, 0.29) is 6.29 Å². The molecule has 0 aromatic heterocycles. The van der Waals surface area contributed by atoms with Crippen LogP contribution in [0, 0.1) is 21.7 Å². The monoisotopic (exact) mass is 264 g/mol. The normalized spacial score (nSPS) is 41.4. The maximum absolute atomic E-state index is 5.41. The Hall–Kier alpha value is 0.210. The summed E-state index contributed by atoms with van der Waals surface area (Å²) >= 11 is 2.07. The van der Waals surface area contributed by atoms with E-state index in [1.807, 2.05) is 0 Å². The molecule has 2 fully saturated rings. The van der Waals surface area contributed by atoms with Gasteiger partial charge >= 0.3 is 0 Å². The second kappa shape index (κ2) is 3.30. The molecule has 0 radical (unpaired) electrons. The first-order valence-corrected chi connectivity index (χ1v) is 4.84. The summed E-state index contributed by atoms with van der Waals surface area (Å²) in [6.45, 7) is 1.60. The minimum absolute atomic E-state index is 0.0530. The molecular formula is C8H9IO2. The number of fused-ring (bicyclic) bond motifs is 1. The maximum atomic E-state index is 5.41. The minimum atomic E-state index is 0.0530. The van der Waals surface area contributed by atoms with E-state index in [9.17, 15) is 0 Å². The Labute approximate surface area is 79.8 Å². The van der Waals surface area contributed by atoms with Crippen molar-refractivity contribution in [3.05, 3.63) is 0 Å². The van der Waals surface area contributed by atoms with Crippen LogP contribution in [0.15, 0.2) is 0 Å². The highest BCUT2D eigenvalue weighted by Gasteiger charge is 2.40. The molecule has 2 heterocycles. The van der Waals surface area contributed by atoms with Crippen molar-refractivity contribution in [2.24, 2.45) is 11.8 Å². The maximum Gasteiger partial charge on any atom is 0.161 e. The molecule has 0 aliphatic carbocycles. The zero-order valence-electron chi connectivity index (χ0n) is 6.05. The molecule has 0 spiro atoms. The van der Waals surface area contributed by atoms with Gasteiger partial charge < -0.3 is 9.47 Å². The number of halogens is 1. The highest BCUT2D eigenvalue weighted by atomic mass is 127. The number of ether oxygens (including phenoxy) is 2. The summed E-state index contributed by atoms with van der Waals surface area (Å²) in [7, 11) is 0. The highest BCUT2D eigenvalue weighted by molar-refractivity contribution is 14.1. The average Bonchev–Trinajstić information content (AvgIpc) is 2.53. The molecule has 0 amide bonds. The third kappa shape index (κ3) is 1.40. The van der Waals surface area contributed by atoms with Gasteiger partial charge in [-0.2, -0.15) is 0 Å². The third-order valence-corrected chi connectivity index (χ3v) is 2.59. The molecular weight excluding hydrogens is 255 g/mol. The molecule has 2 rings (SSSR count). The van der Waals surface area contributed by atoms with Gasteiger partial charge in [0.05, 0.1) is 19.1 Å². The Balaban J connectivity index is 2.06. The lowest BCUT2D eigenvalue weighted by molar-refractivity contribution is -0.0905. The summed E-state index contributed by atoms with van der Waals surface area (Å²) < 4.78 is 13.7. The molecule has 2 saturated heterocycles. The van der Waals surface area contributed by atoms with E-state index in [4.69, 9.17) is 9.47 Å². The molecule has 2 aliphatic rings. The van der Waals surface area contributed by atoms with Crippen molar-refractivity contribution in [1.29, 1.82) is 0 Å². The molecule has 3 unspecified atom stereocenters. The quantitative estimate of drug-likeness (QED) is 0.486. The van der Waals surface area contributed by atoms with Gasteiger partial charge in [-0.15, -0.1) is 0 Å². The van der Waals surface area contributed by atoms with Crippen LogP contribution in [0.4, 0.5) is 0 Å². The molecule has 2 nitrogen and oxygen atoms in total. The Morgan fingerprint density at radius 3 is 3.09 bits per heavy atom. The van der Waals surface area contributed by atoms with E-state index in [1.54, 1.807) is 0 Å². The predicted molar refractivity (Wildman–Crippen MR) is 49.1 cm³/mol. The number of rotatable bonds is 0. The van der Waals surface area contributed by atoms with E-state index in [0.29, 0.717) is 11.8 Å². The van der Waals surface area contributed by atoms with E-state index in [2.05, 4.69) is 32.4 Å². The average molecular weight is 264 g/mol. The lowest BCUT2D eigenvalue weighted by Crippen LogP contribution is -2.13. The van der Waals surface area contributed by atoms with Crippen molar-refractivity contribution in [2.75, 3.05) is 13.2 Å². The third-order valence-electron chi connectivity index (χ3n) is 2.28. The fourth-order valence-corrected chi connectivity index (χ4v) is 2.08. The van der Waals surface area contributed by atoms with Crippen LogP contribution in [-0.4, -0.2) is 19.5 Å². The SMILES string of the molecule is IC#CC1COC2OCCC12. The van der Waals surface area contributed by atoms with E-state index in [0.717, 1.165) is 19.6 Å². The molecule has 0 aromatic rings. The second-order valence-electron chi connectivity index (χ2n) is 2.87. The van der Waals surface area contributed by atoms with Crippen LogP contribution < -0.4 is 0 Å². The lowest BCUT2D eigenvalue weighted by atomic mass is 9.95. The van der Waals surface area contributed by atoms with Crippen LogP contribution in [0.3, 0.4) is 0 Å². The summed E-state index contributed by atoms with van der Waals surface area (Å²) in [6.07, 6.45) is 1.16. The van der Waals surface area contributed by atoms with Crippen LogP contribution in [-0.2, 0) is 9.47 Å². The molecule has 0 aromatic carbocycles. The van der Waals surface area contributed by atoms with Crippen molar-refractivity contribution in [3.63, 3.8) is 0 Å². The Bertz CT molecular complexity index is 206. The Kier molecular flexibility index (Phi) is 2.35. The summed E-state index contributed by atoms with van der Waals surface area (Å²) in [5, 5.41) is 0. The van der Waals surface area contributed by atoms with Crippen molar-refractivity contribution in [2.45, 2.75) is 12.7 Å². The van der Waals surface area contributed by atoms with Gasteiger partial charge in [0.15, 0.2) is 6.29 Å². The topological polar surface area (TPSA) is 18.5 Å². The minimum Gasteiger partial charge on any atom is -0.352 e. The zero-order valence-corrected chi connectivity index (χ0v) is 8.21. The van der Waals surface area contributed by atoms with Crippen LogP contribution in [0.2, 0.25) is 0 Å². The van der Waals surface area contributed by atoms with Gasteiger partial charge in [0.2, 0.25) is 0 Å². The summed E-state index contributed by atoms with van der Waals surface area (Å²) in [4.78, 5) is 0. The zero-order chi connectivity index (χ0) is 7.68. The molecule has 11 heavy (non-hydrogen) atoms. The fraction of sp³-hybridized carbons (Fsp3) is 0.750. The number of hydrogen-bond donors (Lipinski definition) is 0. The van der Waals surface area contributed by atoms with Gasteiger partial charge in [-0.25, -0.2) is 0 Å². The molecule has 3 atom stereocenters. The van der Waals surface area contributed by atoms with Crippen LogP contribution in [0.1, 0.15) is 6.42 Å². The first-order chi connectivity index (χ1) is 5.42. The van der Waals surface area contributed by atoms with Crippen LogP contribution >= 0.6 is 22.6 Å². The van der Waals surface area contributed by atoms with E-state index < -0.39 is 0 Å². The van der Waals surface area contributed by atoms with Gasteiger partial charge in [0, 0.05) is 28.5 Å². The molecule has 0 saturated carbocycles. The first kappa shape index (κ1) is 7.84. The Morgan fingerprint density at radius 2 is 2.27 bits per heavy atom. The first-order valence-electron chi connectivity index (χ1n) is 3.76. The molecule has 0 bridgehead atoms. The van der Waals surface area contributed by atoms with Crippen molar-refractivity contribution in [3.8, 4) is 9.85 Å². The second-order valence-corrected chi connectivity index (χ2v) is 3.41. The molecule has 0 N–H and O–H groups in total. The van der Waals surface area contributed by atoms with Gasteiger partial charge in [0.1, 0.15) is 0 Å². The van der Waals surface area contributed by atoms with E-state index in [1.165, 1.54) is 0 Å². The number of hydrogen-bond acceptors (Lipinski definition) is 2. The van der Waals surface area contributed by atoms with Crippen molar-refractivity contribution >= 4 is 22.6 Å². The largest absolute Gasteiger partial charge is 0.352 e. The van der Waals surface area contributed by atoms with Gasteiger partial charge in [0.25, 0.3) is 0 Å². The molecule has 2 aliphatic heterocycles. The smallest absolute Gasteiger partial charge is 0.161 e. The summed E-state index contributed by atoms with van der Waals surface area (Å²) in [5.74, 6) is 4.10. The van der Waals surface area contributed by atoms with Gasteiger partial charge in [-0.05, 0) is 10.3 Å². The molecule has 60 valence electrons. The predicted octanol–water partition coefficient (Wildman–Crippen LogP) is 1.39. The van der Waals surface area contributed by atoms with Crippen molar-refractivity contribution in [1.82, 2.24) is 0 Å². The van der Waals surface area contributed by atoms with Crippen LogP contribution in [0.25, 0.3) is 0 Å². The fourth-order valence-electron chi connectivity index (χ4n) is 1.68. The van der Waals surface area contributed by atoms with Gasteiger partial charge in [-0.3, -0.25) is 0 Å².